The number of aromatic nitrogens is 3. The van der Waals surface area contributed by atoms with Gasteiger partial charge in [0.1, 0.15) is 0 Å². The van der Waals surface area contributed by atoms with E-state index in [0.29, 0.717) is 0 Å². The van der Waals surface area contributed by atoms with Gasteiger partial charge in [0, 0.05) is 22.5 Å². The van der Waals surface area contributed by atoms with Crippen LogP contribution in [0.25, 0.3) is 66.4 Å². The van der Waals surface area contributed by atoms with E-state index in [-0.39, 0.29) is 0 Å². The number of hydrogen-bond acceptors (Lipinski definition) is 1. The third-order valence-corrected chi connectivity index (χ3v) is 7.55. The number of benzene rings is 5. The van der Waals surface area contributed by atoms with Crippen molar-refractivity contribution in [2.75, 3.05) is 0 Å². The van der Waals surface area contributed by atoms with E-state index in [2.05, 4.69) is 149 Å². The Labute approximate surface area is 219 Å². The van der Waals surface area contributed by atoms with Gasteiger partial charge in [0.15, 0.2) is 0 Å². The van der Waals surface area contributed by atoms with Crippen molar-refractivity contribution in [2.24, 2.45) is 0 Å². The second-order valence-electron chi connectivity index (χ2n) is 9.69. The van der Waals surface area contributed by atoms with E-state index in [4.69, 9.17) is 4.98 Å². The lowest BCUT2D eigenvalue weighted by Crippen LogP contribution is -2.00. The predicted octanol–water partition coefficient (Wildman–Crippen LogP) is 8.92. The number of rotatable bonds is 3. The fraction of sp³-hybridized carbons (Fsp3) is 0. The summed E-state index contributed by atoms with van der Waals surface area (Å²) in [6.07, 6.45) is 2.11. The molecule has 3 heterocycles. The second kappa shape index (κ2) is 8.19. The van der Waals surface area contributed by atoms with E-state index in [1.165, 1.54) is 32.7 Å². The zero-order valence-corrected chi connectivity index (χ0v) is 20.6. The van der Waals surface area contributed by atoms with E-state index in [9.17, 15) is 0 Å². The molecule has 3 heteroatoms. The highest BCUT2D eigenvalue weighted by molar-refractivity contribution is 6.09. The molecule has 178 valence electrons. The average Bonchev–Trinajstić information content (AvgIpc) is 3.53. The van der Waals surface area contributed by atoms with Crippen LogP contribution in [0.15, 0.2) is 140 Å². The van der Waals surface area contributed by atoms with Gasteiger partial charge in [-0.15, -0.1) is 0 Å². The van der Waals surface area contributed by atoms with Crippen LogP contribution in [-0.2, 0) is 0 Å². The van der Waals surface area contributed by atoms with Crippen molar-refractivity contribution in [3.05, 3.63) is 140 Å². The Morgan fingerprint density at radius 3 is 1.89 bits per heavy atom. The Morgan fingerprint density at radius 1 is 0.474 bits per heavy atom. The fourth-order valence-corrected chi connectivity index (χ4v) is 5.84. The summed E-state index contributed by atoms with van der Waals surface area (Å²) in [6.45, 7) is 0. The summed E-state index contributed by atoms with van der Waals surface area (Å²) < 4.78 is 4.49. The van der Waals surface area contributed by atoms with Crippen molar-refractivity contribution in [1.29, 1.82) is 0 Å². The van der Waals surface area contributed by atoms with E-state index in [0.717, 1.165) is 33.8 Å². The highest BCUT2D eigenvalue weighted by Crippen LogP contribution is 2.36. The largest absolute Gasteiger partial charge is 0.285 e. The minimum atomic E-state index is 0.892. The van der Waals surface area contributed by atoms with Crippen LogP contribution in [0.4, 0.5) is 0 Å². The topological polar surface area (TPSA) is 22.2 Å². The first-order valence-corrected chi connectivity index (χ1v) is 12.9. The summed E-state index contributed by atoms with van der Waals surface area (Å²) in [5.74, 6) is 0.892. The maximum absolute atomic E-state index is 5.33. The van der Waals surface area contributed by atoms with Gasteiger partial charge in [-0.25, -0.2) is 4.98 Å². The molecular formula is C35H23N3. The van der Waals surface area contributed by atoms with Crippen LogP contribution < -0.4 is 0 Å². The first-order chi connectivity index (χ1) is 18.9. The predicted molar refractivity (Wildman–Crippen MR) is 158 cm³/mol. The van der Waals surface area contributed by atoms with Gasteiger partial charge in [-0.2, -0.15) is 0 Å². The maximum atomic E-state index is 5.33. The Morgan fingerprint density at radius 2 is 1.08 bits per heavy atom. The van der Waals surface area contributed by atoms with Crippen LogP contribution in [0.2, 0.25) is 0 Å². The van der Waals surface area contributed by atoms with E-state index >= 15 is 0 Å². The standard InChI is InChI=1S/C35H23N3/c1-2-15-27-24(11-1)12-10-18-28(27)25-13-9-14-26(23-25)34-33-21-7-8-22-37(33)35(36-34)38-31-19-5-3-16-29(31)30-17-4-6-20-32(30)38/h1-23H. The fourth-order valence-electron chi connectivity index (χ4n) is 5.84. The minimum Gasteiger partial charge on any atom is -0.285 e. The molecule has 0 fully saturated rings. The summed E-state index contributed by atoms with van der Waals surface area (Å²) in [5, 5.41) is 4.97. The molecule has 0 atom stereocenters. The monoisotopic (exact) mass is 485 g/mol. The first kappa shape index (κ1) is 21.0. The number of fused-ring (bicyclic) bond motifs is 5. The molecule has 0 saturated carbocycles. The number of imidazole rings is 1. The van der Waals surface area contributed by atoms with Crippen molar-refractivity contribution >= 4 is 38.1 Å². The zero-order chi connectivity index (χ0) is 25.1. The third kappa shape index (κ3) is 3.06. The van der Waals surface area contributed by atoms with Gasteiger partial charge in [0.05, 0.1) is 22.2 Å². The maximum Gasteiger partial charge on any atom is 0.220 e. The quantitative estimate of drug-likeness (QED) is 0.245. The van der Waals surface area contributed by atoms with Crippen molar-refractivity contribution in [2.45, 2.75) is 0 Å². The van der Waals surface area contributed by atoms with Gasteiger partial charge in [0.2, 0.25) is 5.95 Å². The SMILES string of the molecule is c1cc(-c2cccc3ccccc23)cc(-c2nc(-n3c4ccccc4c4ccccc43)n3ccccc23)c1. The Balaban J connectivity index is 1.39. The van der Waals surface area contributed by atoms with Crippen LogP contribution in [0.5, 0.6) is 0 Å². The summed E-state index contributed by atoms with van der Waals surface area (Å²) in [6, 6.07) is 47.3. The van der Waals surface area contributed by atoms with Crippen molar-refractivity contribution < 1.29 is 0 Å². The molecule has 0 aliphatic carbocycles. The highest BCUT2D eigenvalue weighted by atomic mass is 15.2. The van der Waals surface area contributed by atoms with Gasteiger partial charge in [0.25, 0.3) is 0 Å². The molecule has 0 aliphatic heterocycles. The number of nitrogens with zero attached hydrogens (tertiary/aromatic N) is 3. The molecule has 0 amide bonds. The molecule has 8 rings (SSSR count). The van der Waals surface area contributed by atoms with E-state index in [1.807, 2.05) is 0 Å². The van der Waals surface area contributed by atoms with Crippen LogP contribution in [0.1, 0.15) is 0 Å². The summed E-state index contributed by atoms with van der Waals surface area (Å²) in [5.41, 5.74) is 7.89. The number of hydrogen-bond donors (Lipinski definition) is 0. The molecular weight excluding hydrogens is 462 g/mol. The van der Waals surface area contributed by atoms with Crippen LogP contribution in [0.3, 0.4) is 0 Å². The highest BCUT2D eigenvalue weighted by Gasteiger charge is 2.19. The van der Waals surface area contributed by atoms with Gasteiger partial charge >= 0.3 is 0 Å². The lowest BCUT2D eigenvalue weighted by molar-refractivity contribution is 0.983. The molecule has 0 bridgehead atoms. The molecule has 0 radical (unpaired) electrons. The molecule has 3 aromatic heterocycles. The molecule has 0 spiro atoms. The average molecular weight is 486 g/mol. The molecule has 0 aliphatic rings. The summed E-state index contributed by atoms with van der Waals surface area (Å²) in [7, 11) is 0. The van der Waals surface area contributed by atoms with Crippen LogP contribution in [0, 0.1) is 0 Å². The van der Waals surface area contributed by atoms with Gasteiger partial charge < -0.3 is 0 Å². The molecule has 0 N–H and O–H groups in total. The molecule has 0 unspecified atom stereocenters. The molecule has 38 heavy (non-hydrogen) atoms. The molecule has 8 aromatic rings. The molecule has 0 saturated heterocycles. The summed E-state index contributed by atoms with van der Waals surface area (Å²) >= 11 is 0. The normalized spacial score (nSPS) is 11.7. The number of para-hydroxylation sites is 2. The second-order valence-corrected chi connectivity index (χ2v) is 9.69. The van der Waals surface area contributed by atoms with Crippen molar-refractivity contribution in [3.8, 4) is 28.3 Å². The Bertz CT molecular complexity index is 2090. The lowest BCUT2D eigenvalue weighted by atomic mass is 9.96. The smallest absolute Gasteiger partial charge is 0.220 e. The Kier molecular flexibility index (Phi) is 4.52. The molecule has 5 aromatic carbocycles. The lowest BCUT2D eigenvalue weighted by Gasteiger charge is -2.08. The van der Waals surface area contributed by atoms with E-state index < -0.39 is 0 Å². The molecule has 3 nitrogen and oxygen atoms in total. The Hall–Kier alpha value is -5.15. The number of pyridine rings is 1. The third-order valence-electron chi connectivity index (χ3n) is 7.55. The van der Waals surface area contributed by atoms with E-state index in [1.54, 1.807) is 0 Å². The van der Waals surface area contributed by atoms with Gasteiger partial charge in [-0.3, -0.25) is 8.97 Å². The van der Waals surface area contributed by atoms with Gasteiger partial charge in [-0.1, -0.05) is 103 Å². The van der Waals surface area contributed by atoms with Gasteiger partial charge in [-0.05, 0) is 52.2 Å². The zero-order valence-electron chi connectivity index (χ0n) is 20.6. The van der Waals surface area contributed by atoms with Crippen LogP contribution >= 0.6 is 0 Å². The van der Waals surface area contributed by atoms with Crippen molar-refractivity contribution in [1.82, 2.24) is 14.0 Å². The first-order valence-electron chi connectivity index (χ1n) is 12.9. The van der Waals surface area contributed by atoms with Crippen molar-refractivity contribution in [3.63, 3.8) is 0 Å². The minimum absolute atomic E-state index is 0.892. The summed E-state index contributed by atoms with van der Waals surface area (Å²) in [4.78, 5) is 5.33. The van der Waals surface area contributed by atoms with Crippen LogP contribution in [-0.4, -0.2) is 14.0 Å².